The molecule has 0 aliphatic heterocycles. The molecular weight excluding hydrogens is 216 g/mol. The summed E-state index contributed by atoms with van der Waals surface area (Å²) >= 11 is 5.74. The smallest absolute Gasteiger partial charge is 0.273 e. The predicted octanol–water partition coefficient (Wildman–Crippen LogP) is 1.98. The van der Waals surface area contributed by atoms with Crippen molar-refractivity contribution in [2.45, 2.75) is 26.8 Å². The zero-order valence-electron chi connectivity index (χ0n) is 9.08. The highest BCUT2D eigenvalue weighted by Gasteiger charge is 2.18. The van der Waals surface area contributed by atoms with Crippen LogP contribution in [0.5, 0.6) is 0 Å². The number of hydrogen-bond acceptors (Lipinski definition) is 3. The molecule has 0 aliphatic carbocycles. The van der Waals surface area contributed by atoms with Crippen LogP contribution in [0.4, 0.5) is 0 Å². The topological polar surface area (TPSA) is 55.1 Å². The third kappa shape index (κ3) is 3.23. The zero-order chi connectivity index (χ0) is 11.4. The summed E-state index contributed by atoms with van der Waals surface area (Å²) in [5, 5.41) is 6.43. The fourth-order valence-corrected chi connectivity index (χ4v) is 1.53. The van der Waals surface area contributed by atoms with Gasteiger partial charge in [-0.25, -0.2) is 0 Å². The van der Waals surface area contributed by atoms with E-state index in [1.165, 1.54) is 0 Å². The average Bonchev–Trinajstić information content (AvgIpc) is 2.60. The van der Waals surface area contributed by atoms with Gasteiger partial charge in [-0.15, -0.1) is 11.6 Å². The van der Waals surface area contributed by atoms with Gasteiger partial charge in [0.1, 0.15) is 5.76 Å². The quantitative estimate of drug-likeness (QED) is 0.805. The molecule has 1 unspecified atom stereocenters. The predicted molar refractivity (Wildman–Crippen MR) is 58.1 cm³/mol. The first-order valence-electron chi connectivity index (χ1n) is 4.84. The molecule has 5 heteroatoms. The molecule has 1 atom stereocenters. The van der Waals surface area contributed by atoms with Crippen LogP contribution in [0.25, 0.3) is 0 Å². The van der Waals surface area contributed by atoms with Crippen molar-refractivity contribution in [3.8, 4) is 0 Å². The third-order valence-corrected chi connectivity index (χ3v) is 2.48. The number of nitrogens with one attached hydrogen (secondary N) is 1. The van der Waals surface area contributed by atoms with Gasteiger partial charge >= 0.3 is 0 Å². The first-order valence-corrected chi connectivity index (χ1v) is 5.38. The maximum atomic E-state index is 11.6. The summed E-state index contributed by atoms with van der Waals surface area (Å²) in [5.74, 6) is 1.05. The van der Waals surface area contributed by atoms with E-state index in [2.05, 4.69) is 10.5 Å². The SMILES string of the molecule is Cc1cc(C(=O)NC(CCl)C(C)C)no1. The van der Waals surface area contributed by atoms with E-state index in [1.54, 1.807) is 13.0 Å². The molecule has 1 N–H and O–H groups in total. The Labute approximate surface area is 94.0 Å². The lowest BCUT2D eigenvalue weighted by molar-refractivity contribution is 0.0922. The molecule has 1 heterocycles. The summed E-state index contributed by atoms with van der Waals surface area (Å²) < 4.78 is 4.82. The number of amides is 1. The standard InChI is InChI=1S/C10H15ClN2O2/c1-6(2)9(5-11)12-10(14)8-4-7(3)15-13-8/h4,6,9H,5H2,1-3H3,(H,12,14). The monoisotopic (exact) mass is 230 g/mol. The summed E-state index contributed by atoms with van der Waals surface area (Å²) in [4.78, 5) is 11.6. The fraction of sp³-hybridized carbons (Fsp3) is 0.600. The van der Waals surface area contributed by atoms with Gasteiger partial charge in [-0.1, -0.05) is 19.0 Å². The van der Waals surface area contributed by atoms with Crippen molar-refractivity contribution in [3.05, 3.63) is 17.5 Å². The lowest BCUT2D eigenvalue weighted by atomic mass is 10.1. The summed E-state index contributed by atoms with van der Waals surface area (Å²) in [6.45, 7) is 5.74. The van der Waals surface area contributed by atoms with Crippen LogP contribution in [0.15, 0.2) is 10.6 Å². The number of nitrogens with zero attached hydrogens (tertiary/aromatic N) is 1. The van der Waals surface area contributed by atoms with Crippen LogP contribution in [-0.2, 0) is 0 Å². The molecule has 84 valence electrons. The van der Waals surface area contributed by atoms with Crippen LogP contribution >= 0.6 is 11.6 Å². The normalized spacial score (nSPS) is 12.9. The van der Waals surface area contributed by atoms with Gasteiger partial charge in [-0.05, 0) is 12.8 Å². The van der Waals surface area contributed by atoms with E-state index in [4.69, 9.17) is 16.1 Å². The summed E-state index contributed by atoms with van der Waals surface area (Å²) in [6.07, 6.45) is 0. The molecule has 0 spiro atoms. The van der Waals surface area contributed by atoms with Gasteiger partial charge in [0.05, 0.1) is 0 Å². The molecule has 15 heavy (non-hydrogen) atoms. The molecule has 4 nitrogen and oxygen atoms in total. The highest BCUT2D eigenvalue weighted by molar-refractivity contribution is 6.18. The van der Waals surface area contributed by atoms with E-state index in [0.29, 0.717) is 23.3 Å². The third-order valence-electron chi connectivity index (χ3n) is 2.15. The lowest BCUT2D eigenvalue weighted by Gasteiger charge is -2.18. The maximum absolute atomic E-state index is 11.6. The number of carbonyl (C=O) groups excluding carboxylic acids is 1. The Kier molecular flexibility index (Phi) is 4.15. The second-order valence-electron chi connectivity index (χ2n) is 3.80. The van der Waals surface area contributed by atoms with Gasteiger partial charge in [-0.2, -0.15) is 0 Å². The first kappa shape index (κ1) is 12.0. The Morgan fingerprint density at radius 1 is 1.67 bits per heavy atom. The Morgan fingerprint density at radius 2 is 2.33 bits per heavy atom. The highest BCUT2D eigenvalue weighted by atomic mass is 35.5. The van der Waals surface area contributed by atoms with Crippen molar-refractivity contribution in [1.82, 2.24) is 10.5 Å². The molecule has 1 aromatic heterocycles. The minimum Gasteiger partial charge on any atom is -0.361 e. The van der Waals surface area contributed by atoms with Gasteiger partial charge in [0, 0.05) is 18.0 Å². The number of carbonyl (C=O) groups is 1. The number of aryl methyl sites for hydroxylation is 1. The van der Waals surface area contributed by atoms with Crippen molar-refractivity contribution in [3.63, 3.8) is 0 Å². The number of aromatic nitrogens is 1. The van der Waals surface area contributed by atoms with Crippen molar-refractivity contribution in [2.24, 2.45) is 5.92 Å². The highest BCUT2D eigenvalue weighted by Crippen LogP contribution is 2.06. The minimum atomic E-state index is -0.244. The number of hydrogen-bond donors (Lipinski definition) is 1. The van der Waals surface area contributed by atoms with E-state index in [9.17, 15) is 4.79 Å². The van der Waals surface area contributed by atoms with E-state index in [0.717, 1.165) is 0 Å². The van der Waals surface area contributed by atoms with E-state index in [-0.39, 0.29) is 11.9 Å². The summed E-state index contributed by atoms with van der Waals surface area (Å²) in [6, 6.07) is 1.55. The molecule has 0 saturated carbocycles. The molecule has 0 bridgehead atoms. The average molecular weight is 231 g/mol. The van der Waals surface area contributed by atoms with Crippen LogP contribution < -0.4 is 5.32 Å². The Hall–Kier alpha value is -1.03. The maximum Gasteiger partial charge on any atom is 0.273 e. The molecular formula is C10H15ClN2O2. The second kappa shape index (κ2) is 5.16. The largest absolute Gasteiger partial charge is 0.361 e. The Morgan fingerprint density at radius 3 is 2.73 bits per heavy atom. The minimum absolute atomic E-state index is 0.0452. The second-order valence-corrected chi connectivity index (χ2v) is 4.11. The Bertz CT molecular complexity index is 336. The molecule has 1 aromatic rings. The van der Waals surface area contributed by atoms with E-state index >= 15 is 0 Å². The van der Waals surface area contributed by atoms with Gasteiger partial charge < -0.3 is 9.84 Å². The fourth-order valence-electron chi connectivity index (χ4n) is 1.10. The lowest BCUT2D eigenvalue weighted by Crippen LogP contribution is -2.40. The molecule has 1 rings (SSSR count). The van der Waals surface area contributed by atoms with Crippen LogP contribution in [-0.4, -0.2) is 23.0 Å². The van der Waals surface area contributed by atoms with Crippen molar-refractivity contribution >= 4 is 17.5 Å². The molecule has 0 aliphatic rings. The summed E-state index contributed by atoms with van der Waals surface area (Å²) in [5.41, 5.74) is 0.295. The van der Waals surface area contributed by atoms with Crippen LogP contribution in [0.3, 0.4) is 0 Å². The molecule has 0 aromatic carbocycles. The molecule has 0 fully saturated rings. The molecule has 0 radical (unpaired) electrons. The van der Waals surface area contributed by atoms with Gasteiger partial charge in [0.15, 0.2) is 5.69 Å². The van der Waals surface area contributed by atoms with Gasteiger partial charge in [0.2, 0.25) is 0 Å². The zero-order valence-corrected chi connectivity index (χ0v) is 9.84. The van der Waals surface area contributed by atoms with Crippen molar-refractivity contribution < 1.29 is 9.32 Å². The van der Waals surface area contributed by atoms with Crippen molar-refractivity contribution in [1.29, 1.82) is 0 Å². The van der Waals surface area contributed by atoms with Crippen LogP contribution in [0, 0.1) is 12.8 Å². The molecule has 0 saturated heterocycles. The molecule has 1 amide bonds. The van der Waals surface area contributed by atoms with Gasteiger partial charge in [-0.3, -0.25) is 4.79 Å². The number of rotatable bonds is 4. The summed E-state index contributed by atoms with van der Waals surface area (Å²) in [7, 11) is 0. The van der Waals surface area contributed by atoms with Crippen molar-refractivity contribution in [2.75, 3.05) is 5.88 Å². The van der Waals surface area contributed by atoms with E-state index in [1.807, 2.05) is 13.8 Å². The van der Waals surface area contributed by atoms with Crippen LogP contribution in [0.1, 0.15) is 30.1 Å². The number of alkyl halides is 1. The van der Waals surface area contributed by atoms with Gasteiger partial charge in [0.25, 0.3) is 5.91 Å². The first-order chi connectivity index (χ1) is 7.04. The Balaban J connectivity index is 2.62. The number of halogens is 1. The van der Waals surface area contributed by atoms with Crippen LogP contribution in [0.2, 0.25) is 0 Å². The van der Waals surface area contributed by atoms with E-state index < -0.39 is 0 Å².